The van der Waals surface area contributed by atoms with Gasteiger partial charge in [0.2, 0.25) is 10.0 Å². The van der Waals surface area contributed by atoms with Crippen molar-refractivity contribution in [2.45, 2.75) is 33.1 Å². The molecule has 0 aliphatic heterocycles. The van der Waals surface area contributed by atoms with Crippen molar-refractivity contribution in [1.29, 1.82) is 0 Å². The maximum atomic E-state index is 11.6. The molecule has 0 unspecified atom stereocenters. The second kappa shape index (κ2) is 8.02. The van der Waals surface area contributed by atoms with E-state index in [4.69, 9.17) is 9.84 Å². The standard InChI is InChI=1S/C11H25NO4S/c1-11(2,6-8-16-3)10-12-17(14,15)9-5-4-7-13/h12-13H,4-10H2,1-3H3. The van der Waals surface area contributed by atoms with E-state index in [0.29, 0.717) is 26.0 Å². The van der Waals surface area contributed by atoms with Gasteiger partial charge in [-0.05, 0) is 24.7 Å². The van der Waals surface area contributed by atoms with E-state index in [2.05, 4.69) is 4.72 Å². The fourth-order valence-electron chi connectivity index (χ4n) is 1.25. The van der Waals surface area contributed by atoms with Gasteiger partial charge in [-0.3, -0.25) is 0 Å². The molecule has 0 fully saturated rings. The SMILES string of the molecule is COCCC(C)(C)CNS(=O)(=O)CCCCO. The first kappa shape index (κ1) is 16.8. The van der Waals surface area contributed by atoms with Crippen molar-refractivity contribution in [2.24, 2.45) is 5.41 Å². The third kappa shape index (κ3) is 9.52. The summed E-state index contributed by atoms with van der Waals surface area (Å²) < 4.78 is 30.8. The summed E-state index contributed by atoms with van der Waals surface area (Å²) in [5.74, 6) is 0.0773. The van der Waals surface area contributed by atoms with Crippen molar-refractivity contribution in [3.05, 3.63) is 0 Å². The lowest BCUT2D eigenvalue weighted by atomic mass is 9.90. The third-order valence-electron chi connectivity index (χ3n) is 2.57. The molecule has 0 amide bonds. The van der Waals surface area contributed by atoms with E-state index in [1.54, 1.807) is 7.11 Å². The van der Waals surface area contributed by atoms with Gasteiger partial charge in [0, 0.05) is 26.9 Å². The molecule has 0 aliphatic carbocycles. The maximum absolute atomic E-state index is 11.6. The van der Waals surface area contributed by atoms with Gasteiger partial charge in [0.25, 0.3) is 0 Å². The Hall–Kier alpha value is -0.170. The molecule has 0 aliphatic rings. The summed E-state index contributed by atoms with van der Waals surface area (Å²) in [7, 11) is -1.58. The molecule has 0 aromatic heterocycles. The monoisotopic (exact) mass is 267 g/mol. The summed E-state index contributed by atoms with van der Waals surface area (Å²) in [6, 6.07) is 0. The summed E-state index contributed by atoms with van der Waals surface area (Å²) >= 11 is 0. The second-order valence-electron chi connectivity index (χ2n) is 4.98. The first-order valence-electron chi connectivity index (χ1n) is 5.90. The predicted octanol–water partition coefficient (Wildman–Crippen LogP) is 0.741. The molecule has 0 saturated carbocycles. The zero-order valence-electron chi connectivity index (χ0n) is 11.0. The van der Waals surface area contributed by atoms with Gasteiger partial charge in [0.1, 0.15) is 0 Å². The number of ether oxygens (including phenoxy) is 1. The van der Waals surface area contributed by atoms with Crippen molar-refractivity contribution in [2.75, 3.05) is 32.6 Å². The minimum Gasteiger partial charge on any atom is -0.396 e. The van der Waals surface area contributed by atoms with E-state index >= 15 is 0 Å². The van der Waals surface area contributed by atoms with Gasteiger partial charge in [-0.2, -0.15) is 0 Å². The van der Waals surface area contributed by atoms with Gasteiger partial charge in [-0.1, -0.05) is 13.8 Å². The molecule has 2 N–H and O–H groups in total. The van der Waals surface area contributed by atoms with Gasteiger partial charge in [0.05, 0.1) is 5.75 Å². The van der Waals surface area contributed by atoms with E-state index in [1.807, 2.05) is 13.8 Å². The van der Waals surface area contributed by atoms with E-state index in [1.165, 1.54) is 0 Å². The largest absolute Gasteiger partial charge is 0.396 e. The average Bonchev–Trinajstić information content (AvgIpc) is 2.25. The van der Waals surface area contributed by atoms with E-state index < -0.39 is 10.0 Å². The van der Waals surface area contributed by atoms with Gasteiger partial charge in [-0.25, -0.2) is 13.1 Å². The zero-order valence-corrected chi connectivity index (χ0v) is 11.8. The fraction of sp³-hybridized carbons (Fsp3) is 1.00. The molecule has 0 radical (unpaired) electrons. The first-order valence-corrected chi connectivity index (χ1v) is 7.55. The molecule has 0 heterocycles. The van der Waals surface area contributed by atoms with E-state index in [-0.39, 0.29) is 17.8 Å². The highest BCUT2D eigenvalue weighted by Gasteiger charge is 2.20. The number of methoxy groups -OCH3 is 1. The van der Waals surface area contributed by atoms with Gasteiger partial charge in [0.15, 0.2) is 0 Å². The highest BCUT2D eigenvalue weighted by molar-refractivity contribution is 7.89. The molecule has 0 aromatic rings. The van der Waals surface area contributed by atoms with Crippen LogP contribution in [0.2, 0.25) is 0 Å². The molecule has 0 spiro atoms. The topological polar surface area (TPSA) is 75.6 Å². The van der Waals surface area contributed by atoms with Crippen LogP contribution in [0, 0.1) is 5.41 Å². The van der Waals surface area contributed by atoms with Crippen LogP contribution >= 0.6 is 0 Å². The van der Waals surface area contributed by atoms with Crippen molar-refractivity contribution >= 4 is 10.0 Å². The fourth-order valence-corrected chi connectivity index (χ4v) is 2.59. The van der Waals surface area contributed by atoms with Crippen LogP contribution in [0.15, 0.2) is 0 Å². The van der Waals surface area contributed by atoms with Crippen LogP contribution in [0.1, 0.15) is 33.1 Å². The average molecular weight is 267 g/mol. The zero-order chi connectivity index (χ0) is 13.4. The lowest BCUT2D eigenvalue weighted by Gasteiger charge is -2.24. The minimum absolute atomic E-state index is 0.0366. The smallest absolute Gasteiger partial charge is 0.211 e. The maximum Gasteiger partial charge on any atom is 0.211 e. The number of aliphatic hydroxyl groups excluding tert-OH is 1. The molecule has 0 atom stereocenters. The van der Waals surface area contributed by atoms with Crippen LogP contribution in [0.5, 0.6) is 0 Å². The minimum atomic E-state index is -3.21. The molecule has 0 saturated heterocycles. The normalized spacial score (nSPS) is 12.9. The summed E-state index contributed by atoms with van der Waals surface area (Å²) in [4.78, 5) is 0. The van der Waals surface area contributed by atoms with Gasteiger partial charge < -0.3 is 9.84 Å². The second-order valence-corrected chi connectivity index (χ2v) is 6.90. The Kier molecular flexibility index (Phi) is 7.94. The molecule has 0 bridgehead atoms. The molecule has 6 heteroatoms. The van der Waals surface area contributed by atoms with Crippen LogP contribution in [0.3, 0.4) is 0 Å². The lowest BCUT2D eigenvalue weighted by Crippen LogP contribution is -2.36. The Morgan fingerprint density at radius 2 is 1.94 bits per heavy atom. The van der Waals surface area contributed by atoms with Crippen LogP contribution in [-0.2, 0) is 14.8 Å². The number of nitrogens with one attached hydrogen (secondary N) is 1. The molecule has 0 aromatic carbocycles. The first-order chi connectivity index (χ1) is 7.83. The molecule has 17 heavy (non-hydrogen) atoms. The Bertz CT molecular complexity index is 288. The number of aliphatic hydroxyl groups is 1. The third-order valence-corrected chi connectivity index (χ3v) is 3.99. The van der Waals surface area contributed by atoms with Gasteiger partial charge in [-0.15, -0.1) is 0 Å². The van der Waals surface area contributed by atoms with Crippen molar-refractivity contribution < 1.29 is 18.3 Å². The van der Waals surface area contributed by atoms with Crippen LogP contribution < -0.4 is 4.72 Å². The quantitative estimate of drug-likeness (QED) is 0.572. The van der Waals surface area contributed by atoms with E-state index in [9.17, 15) is 8.42 Å². The number of unbranched alkanes of at least 4 members (excludes halogenated alkanes) is 1. The lowest BCUT2D eigenvalue weighted by molar-refractivity contribution is 0.153. The van der Waals surface area contributed by atoms with Crippen LogP contribution in [0.25, 0.3) is 0 Å². The molecule has 104 valence electrons. The molecule has 5 nitrogen and oxygen atoms in total. The van der Waals surface area contributed by atoms with Gasteiger partial charge >= 0.3 is 0 Å². The Morgan fingerprint density at radius 3 is 2.47 bits per heavy atom. The number of hydrogen-bond acceptors (Lipinski definition) is 4. The number of hydrogen-bond donors (Lipinski definition) is 2. The Balaban J connectivity index is 3.99. The highest BCUT2D eigenvalue weighted by Crippen LogP contribution is 2.19. The molecule has 0 rings (SSSR count). The number of sulfonamides is 1. The van der Waals surface area contributed by atoms with Crippen molar-refractivity contribution in [3.63, 3.8) is 0 Å². The van der Waals surface area contributed by atoms with Crippen LogP contribution in [0.4, 0.5) is 0 Å². The Labute approximate surface area is 105 Å². The predicted molar refractivity (Wildman–Crippen MR) is 68.4 cm³/mol. The number of rotatable bonds is 10. The summed E-state index contributed by atoms with van der Waals surface area (Å²) in [6.07, 6.45) is 1.82. The summed E-state index contributed by atoms with van der Waals surface area (Å²) in [5, 5.41) is 8.59. The Morgan fingerprint density at radius 1 is 1.29 bits per heavy atom. The van der Waals surface area contributed by atoms with Crippen molar-refractivity contribution in [3.8, 4) is 0 Å². The summed E-state index contributed by atoms with van der Waals surface area (Å²) in [5.41, 5.74) is -0.111. The highest BCUT2D eigenvalue weighted by atomic mass is 32.2. The molecular weight excluding hydrogens is 242 g/mol. The molecular formula is C11H25NO4S. The van der Waals surface area contributed by atoms with Crippen molar-refractivity contribution in [1.82, 2.24) is 4.72 Å². The van der Waals surface area contributed by atoms with Crippen LogP contribution in [-0.4, -0.2) is 46.1 Å². The summed E-state index contributed by atoms with van der Waals surface area (Å²) in [6.45, 7) is 5.08. The van der Waals surface area contributed by atoms with E-state index in [0.717, 1.165) is 6.42 Å².